The quantitative estimate of drug-likeness (QED) is 0.578. The summed E-state index contributed by atoms with van der Waals surface area (Å²) in [6.07, 6.45) is 1.62. The van der Waals surface area contributed by atoms with Crippen molar-refractivity contribution in [3.63, 3.8) is 0 Å². The molecule has 30 heavy (non-hydrogen) atoms. The van der Waals surface area contributed by atoms with E-state index in [9.17, 15) is 9.18 Å². The number of hydrazone groups is 1. The van der Waals surface area contributed by atoms with Gasteiger partial charge < -0.3 is 5.32 Å². The number of rotatable bonds is 8. The summed E-state index contributed by atoms with van der Waals surface area (Å²) in [5.74, 6) is -0.538. The Morgan fingerprint density at radius 3 is 2.50 bits per heavy atom. The van der Waals surface area contributed by atoms with Crippen LogP contribution in [0, 0.1) is 11.7 Å². The summed E-state index contributed by atoms with van der Waals surface area (Å²) in [7, 11) is 0. The summed E-state index contributed by atoms with van der Waals surface area (Å²) >= 11 is 1.55. The molecule has 0 aliphatic carbocycles. The molecule has 2 aromatic carbocycles. The van der Waals surface area contributed by atoms with Gasteiger partial charge in [-0.15, -0.1) is 0 Å². The topological polar surface area (TPSA) is 44.7 Å². The standard InChI is InChI=1S/C24H30FN3OS/c1-17(2)23(29)28-24(14-9-15-26-18(3)4,20-11-6-5-7-12-20)30-22(27-28)19-10-8-13-21(25)16-19/h5-8,10-13,16-18,26H,9,14-15H2,1-4H3. The zero-order chi connectivity index (χ0) is 21.7. The van der Waals surface area contributed by atoms with Crippen LogP contribution in [0.25, 0.3) is 0 Å². The van der Waals surface area contributed by atoms with Gasteiger partial charge in [0, 0.05) is 17.5 Å². The van der Waals surface area contributed by atoms with Gasteiger partial charge in [0.15, 0.2) is 0 Å². The van der Waals surface area contributed by atoms with E-state index in [1.165, 1.54) is 12.1 Å². The molecule has 1 amide bonds. The molecule has 4 nitrogen and oxygen atoms in total. The predicted molar refractivity (Wildman–Crippen MR) is 123 cm³/mol. The van der Waals surface area contributed by atoms with Gasteiger partial charge in [0.1, 0.15) is 15.7 Å². The van der Waals surface area contributed by atoms with Crippen molar-refractivity contribution in [1.29, 1.82) is 0 Å². The molecule has 1 unspecified atom stereocenters. The summed E-state index contributed by atoms with van der Waals surface area (Å²) in [6, 6.07) is 16.9. The molecular weight excluding hydrogens is 397 g/mol. The Bertz CT molecular complexity index is 900. The second kappa shape index (κ2) is 9.75. The molecule has 0 saturated carbocycles. The summed E-state index contributed by atoms with van der Waals surface area (Å²) < 4.78 is 13.9. The highest BCUT2D eigenvalue weighted by Crippen LogP contribution is 2.50. The van der Waals surface area contributed by atoms with Crippen LogP contribution in [0.1, 0.15) is 51.7 Å². The third kappa shape index (κ3) is 4.93. The molecule has 6 heteroatoms. The fraction of sp³-hybridized carbons (Fsp3) is 0.417. The van der Waals surface area contributed by atoms with Crippen LogP contribution in [-0.2, 0) is 9.67 Å². The molecule has 1 atom stereocenters. The average Bonchev–Trinajstić information content (AvgIpc) is 3.12. The number of nitrogens with one attached hydrogen (secondary N) is 1. The van der Waals surface area contributed by atoms with Gasteiger partial charge in [0.2, 0.25) is 5.91 Å². The molecule has 1 aliphatic rings. The highest BCUT2D eigenvalue weighted by Gasteiger charge is 2.48. The van der Waals surface area contributed by atoms with Crippen LogP contribution in [0.15, 0.2) is 59.7 Å². The minimum Gasteiger partial charge on any atom is -0.315 e. The van der Waals surface area contributed by atoms with Crippen LogP contribution >= 0.6 is 11.8 Å². The second-order valence-corrected chi connectivity index (χ2v) is 9.45. The Kier molecular flexibility index (Phi) is 7.32. The molecule has 0 bridgehead atoms. The van der Waals surface area contributed by atoms with Gasteiger partial charge in [-0.3, -0.25) is 4.79 Å². The molecule has 1 aliphatic heterocycles. The van der Waals surface area contributed by atoms with E-state index >= 15 is 0 Å². The third-order valence-electron chi connectivity index (χ3n) is 5.04. The van der Waals surface area contributed by atoms with E-state index in [0.29, 0.717) is 16.6 Å². The minimum atomic E-state index is -0.650. The summed E-state index contributed by atoms with van der Waals surface area (Å²) in [5, 5.41) is 10.5. The number of hydrogen-bond acceptors (Lipinski definition) is 4. The maximum atomic E-state index is 13.9. The largest absolute Gasteiger partial charge is 0.315 e. The maximum absolute atomic E-state index is 13.9. The molecule has 0 aromatic heterocycles. The zero-order valence-corrected chi connectivity index (χ0v) is 18.9. The smallest absolute Gasteiger partial charge is 0.246 e. The summed E-state index contributed by atoms with van der Waals surface area (Å²) in [4.78, 5) is 12.6. The molecule has 1 heterocycles. The Morgan fingerprint density at radius 1 is 1.13 bits per heavy atom. The molecule has 0 spiro atoms. The first-order valence-corrected chi connectivity index (χ1v) is 11.3. The number of benzene rings is 2. The SMILES string of the molecule is CC(C)NCCCC1(c2ccccc2)SC(c2cccc(F)c2)=NN1C(=O)C(C)C. The summed E-state index contributed by atoms with van der Waals surface area (Å²) in [6.45, 7) is 8.87. The van der Waals surface area contributed by atoms with Crippen molar-refractivity contribution >= 4 is 22.7 Å². The van der Waals surface area contributed by atoms with E-state index in [1.807, 2.05) is 50.2 Å². The van der Waals surface area contributed by atoms with Crippen LogP contribution in [0.2, 0.25) is 0 Å². The molecular formula is C24H30FN3OS. The van der Waals surface area contributed by atoms with Gasteiger partial charge in [0.05, 0.1) is 0 Å². The van der Waals surface area contributed by atoms with Crippen molar-refractivity contribution in [2.45, 2.75) is 51.4 Å². The van der Waals surface area contributed by atoms with E-state index in [4.69, 9.17) is 5.10 Å². The van der Waals surface area contributed by atoms with Crippen LogP contribution in [0.4, 0.5) is 4.39 Å². The molecule has 3 rings (SSSR count). The number of halogens is 1. The average molecular weight is 428 g/mol. The van der Waals surface area contributed by atoms with E-state index in [0.717, 1.165) is 24.9 Å². The molecule has 0 radical (unpaired) electrons. The first-order valence-electron chi connectivity index (χ1n) is 10.5. The van der Waals surface area contributed by atoms with E-state index < -0.39 is 4.87 Å². The van der Waals surface area contributed by atoms with Gasteiger partial charge in [-0.1, -0.05) is 81.9 Å². The number of carbonyl (C=O) groups is 1. The normalized spacial score (nSPS) is 18.9. The Balaban J connectivity index is 2.02. The van der Waals surface area contributed by atoms with E-state index in [1.54, 1.807) is 22.8 Å². The lowest BCUT2D eigenvalue weighted by Crippen LogP contribution is -2.43. The molecule has 0 saturated heterocycles. The van der Waals surface area contributed by atoms with Crippen molar-refractivity contribution in [3.05, 3.63) is 71.5 Å². The monoisotopic (exact) mass is 427 g/mol. The lowest BCUT2D eigenvalue weighted by Gasteiger charge is -2.37. The van der Waals surface area contributed by atoms with Gasteiger partial charge in [-0.25, -0.2) is 9.40 Å². The van der Waals surface area contributed by atoms with Crippen molar-refractivity contribution in [2.24, 2.45) is 11.0 Å². The lowest BCUT2D eigenvalue weighted by atomic mass is 9.99. The van der Waals surface area contributed by atoms with Crippen LogP contribution in [0.5, 0.6) is 0 Å². The Hall–Kier alpha value is -2.18. The van der Waals surface area contributed by atoms with Crippen molar-refractivity contribution in [2.75, 3.05) is 6.54 Å². The molecule has 0 fully saturated rings. The lowest BCUT2D eigenvalue weighted by molar-refractivity contribution is -0.138. The van der Waals surface area contributed by atoms with Gasteiger partial charge in [-0.2, -0.15) is 5.10 Å². The third-order valence-corrected chi connectivity index (χ3v) is 6.50. The van der Waals surface area contributed by atoms with Crippen molar-refractivity contribution < 1.29 is 9.18 Å². The number of amides is 1. The fourth-order valence-corrected chi connectivity index (χ4v) is 4.91. The van der Waals surface area contributed by atoms with E-state index in [2.05, 4.69) is 19.2 Å². The van der Waals surface area contributed by atoms with Crippen LogP contribution in [-0.4, -0.2) is 28.5 Å². The van der Waals surface area contributed by atoms with Gasteiger partial charge in [0.25, 0.3) is 0 Å². The number of carbonyl (C=O) groups excluding carboxylic acids is 1. The zero-order valence-electron chi connectivity index (χ0n) is 18.1. The van der Waals surface area contributed by atoms with Crippen LogP contribution in [0.3, 0.4) is 0 Å². The number of nitrogens with zero attached hydrogens (tertiary/aromatic N) is 2. The molecule has 1 N–H and O–H groups in total. The first kappa shape index (κ1) is 22.5. The Labute approximate surface area is 182 Å². The van der Waals surface area contributed by atoms with Crippen LogP contribution < -0.4 is 5.32 Å². The second-order valence-electron chi connectivity index (χ2n) is 8.19. The highest BCUT2D eigenvalue weighted by molar-refractivity contribution is 8.15. The number of thioether (sulfide) groups is 1. The van der Waals surface area contributed by atoms with Crippen molar-refractivity contribution in [3.8, 4) is 0 Å². The summed E-state index contributed by atoms with van der Waals surface area (Å²) in [5.41, 5.74) is 1.73. The predicted octanol–water partition coefficient (Wildman–Crippen LogP) is 5.35. The van der Waals surface area contributed by atoms with Gasteiger partial charge >= 0.3 is 0 Å². The fourth-order valence-electron chi connectivity index (χ4n) is 3.50. The number of hydrogen-bond donors (Lipinski definition) is 1. The van der Waals surface area contributed by atoms with Crippen molar-refractivity contribution in [1.82, 2.24) is 10.3 Å². The molecule has 160 valence electrons. The first-order chi connectivity index (χ1) is 14.3. The van der Waals surface area contributed by atoms with Gasteiger partial charge in [-0.05, 0) is 37.1 Å². The Morgan fingerprint density at radius 2 is 1.87 bits per heavy atom. The highest BCUT2D eigenvalue weighted by atomic mass is 32.2. The maximum Gasteiger partial charge on any atom is 0.246 e. The molecule has 2 aromatic rings. The van der Waals surface area contributed by atoms with E-state index in [-0.39, 0.29) is 17.6 Å². The minimum absolute atomic E-state index is 0.0328.